The number of hydrogen-bond donors (Lipinski definition) is 2. The summed E-state index contributed by atoms with van der Waals surface area (Å²) < 4.78 is 13.7. The van der Waals surface area contributed by atoms with E-state index < -0.39 is 17.5 Å². The highest BCUT2D eigenvalue weighted by molar-refractivity contribution is 8.00. The van der Waals surface area contributed by atoms with E-state index in [4.69, 9.17) is 9.47 Å². The first-order valence-electron chi connectivity index (χ1n) is 16.8. The third kappa shape index (κ3) is 7.50. The van der Waals surface area contributed by atoms with Gasteiger partial charge in [-0.3, -0.25) is 9.59 Å². The first-order chi connectivity index (χ1) is 23.7. The predicted octanol–water partition coefficient (Wildman–Crippen LogP) is 8.07. The zero-order valence-electron chi connectivity index (χ0n) is 29.6. The van der Waals surface area contributed by atoms with Gasteiger partial charge in [-0.25, -0.2) is 0 Å². The van der Waals surface area contributed by atoms with Gasteiger partial charge in [-0.1, -0.05) is 63.2 Å². The Morgan fingerprint density at radius 1 is 1.00 bits per heavy atom. The molecule has 5 aromatic rings. The summed E-state index contributed by atoms with van der Waals surface area (Å²) in [6.07, 6.45) is 0.341. The van der Waals surface area contributed by atoms with E-state index in [2.05, 4.69) is 59.1 Å². The predicted molar refractivity (Wildman–Crippen MR) is 198 cm³/mol. The molecule has 10 heteroatoms. The van der Waals surface area contributed by atoms with Crippen molar-refractivity contribution >= 4 is 40.1 Å². The minimum absolute atomic E-state index is 0.0507. The maximum Gasteiger partial charge on any atom is 0.309 e. The van der Waals surface area contributed by atoms with Crippen LogP contribution < -0.4 is 14.8 Å². The summed E-state index contributed by atoms with van der Waals surface area (Å²) >= 11 is 1.72. The van der Waals surface area contributed by atoms with Gasteiger partial charge in [-0.2, -0.15) is 0 Å². The fraction of sp³-hybridized carbons (Fsp3) is 0.350. The van der Waals surface area contributed by atoms with E-state index in [1.165, 1.54) is 5.56 Å². The van der Waals surface area contributed by atoms with E-state index in [0.29, 0.717) is 31.0 Å². The Labute approximate surface area is 297 Å². The molecule has 1 unspecified atom stereocenters. The van der Waals surface area contributed by atoms with Gasteiger partial charge in [-0.15, -0.1) is 22.0 Å². The molecule has 9 nitrogen and oxygen atoms in total. The van der Waals surface area contributed by atoms with Crippen LogP contribution in [0.3, 0.4) is 0 Å². The molecular weight excluding hydrogens is 649 g/mol. The van der Waals surface area contributed by atoms with E-state index in [-0.39, 0.29) is 16.6 Å². The van der Waals surface area contributed by atoms with Crippen molar-refractivity contribution in [2.75, 3.05) is 12.4 Å². The molecule has 1 aliphatic rings. The lowest BCUT2D eigenvalue weighted by Gasteiger charge is -2.24. The van der Waals surface area contributed by atoms with Crippen LogP contribution >= 0.6 is 11.8 Å². The number of aliphatic carboxylic acids is 1. The Balaban J connectivity index is 1.40. The largest absolute Gasteiger partial charge is 0.481 e. The van der Waals surface area contributed by atoms with Crippen LogP contribution in [-0.4, -0.2) is 55.6 Å². The minimum Gasteiger partial charge on any atom is -0.481 e. The van der Waals surface area contributed by atoms with E-state index >= 15 is 0 Å². The molecule has 0 saturated heterocycles. The van der Waals surface area contributed by atoms with Gasteiger partial charge < -0.3 is 24.5 Å². The van der Waals surface area contributed by atoms with Gasteiger partial charge in [0, 0.05) is 56.5 Å². The molecule has 2 N–H and O–H groups in total. The number of carboxylic acids is 1. The number of carbonyl (C=O) groups is 2. The normalized spacial score (nSPS) is 15.0. The molecule has 2 aromatic heterocycles. The van der Waals surface area contributed by atoms with Gasteiger partial charge in [-0.05, 0) is 68.7 Å². The number of hydrogen-bond acceptors (Lipinski definition) is 8. The van der Waals surface area contributed by atoms with Crippen molar-refractivity contribution < 1.29 is 24.2 Å². The second kappa shape index (κ2) is 13.8. The molecule has 0 aliphatic carbocycles. The number of anilines is 1. The van der Waals surface area contributed by atoms with Gasteiger partial charge >= 0.3 is 5.97 Å². The molecule has 0 radical (unpaired) electrons. The zero-order chi connectivity index (χ0) is 35.8. The second-order valence-electron chi connectivity index (χ2n) is 14.5. The summed E-state index contributed by atoms with van der Waals surface area (Å²) in [5.74, 6) is 0.142. The number of nitrogens with zero attached hydrogens (tertiary/aromatic N) is 3. The van der Waals surface area contributed by atoms with Crippen LogP contribution in [0.25, 0.3) is 22.2 Å². The third-order valence-corrected chi connectivity index (χ3v) is 10.2. The lowest BCUT2D eigenvalue weighted by Crippen LogP contribution is -2.41. The van der Waals surface area contributed by atoms with Crippen molar-refractivity contribution in [1.29, 1.82) is 0 Å². The maximum atomic E-state index is 13.0. The number of para-hydroxylation sites is 1. The Hall–Kier alpha value is -4.83. The summed E-state index contributed by atoms with van der Waals surface area (Å²) in [4.78, 5) is 26.5. The Morgan fingerprint density at radius 2 is 1.74 bits per heavy atom. The number of rotatable bonds is 12. The van der Waals surface area contributed by atoms with Crippen LogP contribution in [0.1, 0.15) is 58.4 Å². The van der Waals surface area contributed by atoms with Crippen LogP contribution in [-0.2, 0) is 29.0 Å². The van der Waals surface area contributed by atoms with Crippen LogP contribution in [0.15, 0.2) is 83.8 Å². The molecule has 260 valence electrons. The fourth-order valence-corrected chi connectivity index (χ4v) is 7.54. The van der Waals surface area contributed by atoms with Crippen molar-refractivity contribution in [3.8, 4) is 22.9 Å². The van der Waals surface area contributed by atoms with E-state index in [1.54, 1.807) is 45.7 Å². The smallest absolute Gasteiger partial charge is 0.309 e. The van der Waals surface area contributed by atoms with Gasteiger partial charge in [0.2, 0.25) is 5.88 Å². The van der Waals surface area contributed by atoms with Gasteiger partial charge in [0.15, 0.2) is 11.9 Å². The molecular formula is C40H44N4O5S. The first-order valence-corrected chi connectivity index (χ1v) is 17.6. The standard InChI is InChI=1S/C40H44N4O5S/c1-24(45)36(32-20-27-10-8-9-11-30(27)41-32)49-28-16-18-33-29(21-28)37(50-39(2,3)4)34(22-40(5,6)38(46)47)44(33)23-25-12-14-26(15-13-25)31-17-19-35(48-7)43-42-31/h8-19,21,32,36,41H,20,22-23H2,1-7H3,(H,46,47)/t32?,36-/m1/s1. The lowest BCUT2D eigenvalue weighted by molar-refractivity contribution is -0.146. The molecule has 0 amide bonds. The summed E-state index contributed by atoms with van der Waals surface area (Å²) in [5.41, 5.74) is 5.82. The fourth-order valence-electron chi connectivity index (χ4n) is 6.35. The number of ether oxygens (including phenoxy) is 2. The zero-order valence-corrected chi connectivity index (χ0v) is 30.4. The first kappa shape index (κ1) is 35.0. The molecule has 3 heterocycles. The van der Waals surface area contributed by atoms with Crippen molar-refractivity contribution in [2.24, 2.45) is 5.41 Å². The molecule has 6 rings (SSSR count). The number of carboxylic acid groups (broad SMARTS) is 1. The summed E-state index contributed by atoms with van der Waals surface area (Å²) in [6, 6.07) is 25.7. The Kier molecular flexibility index (Phi) is 9.68. The number of carbonyl (C=O) groups excluding carboxylic acids is 1. The maximum absolute atomic E-state index is 13.0. The number of fused-ring (bicyclic) bond motifs is 2. The van der Waals surface area contributed by atoms with Crippen LogP contribution in [0.4, 0.5) is 5.69 Å². The van der Waals surface area contributed by atoms with Gasteiger partial charge in [0.1, 0.15) is 5.75 Å². The number of thioether (sulfide) groups is 1. The highest BCUT2D eigenvalue weighted by atomic mass is 32.2. The second-order valence-corrected chi connectivity index (χ2v) is 16.4. The highest BCUT2D eigenvalue weighted by Crippen LogP contribution is 2.44. The molecule has 50 heavy (non-hydrogen) atoms. The lowest BCUT2D eigenvalue weighted by atomic mass is 9.88. The van der Waals surface area contributed by atoms with Crippen molar-refractivity contribution in [2.45, 2.75) is 82.7 Å². The monoisotopic (exact) mass is 692 g/mol. The number of methoxy groups -OCH3 is 1. The third-order valence-electron chi connectivity index (χ3n) is 8.95. The molecule has 3 aromatic carbocycles. The van der Waals surface area contributed by atoms with E-state index in [0.717, 1.165) is 44.0 Å². The highest BCUT2D eigenvalue weighted by Gasteiger charge is 2.35. The molecule has 2 atom stereocenters. The summed E-state index contributed by atoms with van der Waals surface area (Å²) in [6.45, 7) is 12.1. The summed E-state index contributed by atoms with van der Waals surface area (Å²) in [5, 5.41) is 23.1. The van der Waals surface area contributed by atoms with Crippen molar-refractivity contribution in [1.82, 2.24) is 14.8 Å². The average molecular weight is 693 g/mol. The molecule has 0 bridgehead atoms. The van der Waals surface area contributed by atoms with Crippen molar-refractivity contribution in [3.63, 3.8) is 0 Å². The summed E-state index contributed by atoms with van der Waals surface area (Å²) in [7, 11) is 1.56. The topological polar surface area (TPSA) is 116 Å². The molecule has 0 fully saturated rings. The number of ketones is 1. The van der Waals surface area contributed by atoms with Crippen molar-refractivity contribution in [3.05, 3.63) is 95.7 Å². The van der Waals surface area contributed by atoms with Crippen LogP contribution in [0.2, 0.25) is 0 Å². The number of nitrogens with one attached hydrogen (secondary N) is 1. The molecule has 0 saturated carbocycles. The van der Waals surface area contributed by atoms with Gasteiger partial charge in [0.25, 0.3) is 0 Å². The quantitative estimate of drug-likeness (QED) is 0.125. The molecule has 0 spiro atoms. The average Bonchev–Trinajstić information content (AvgIpc) is 3.62. The van der Waals surface area contributed by atoms with E-state index in [1.807, 2.05) is 54.6 Å². The Bertz CT molecular complexity index is 2010. The van der Waals surface area contributed by atoms with Crippen LogP contribution in [0.5, 0.6) is 11.6 Å². The number of Topliss-reactive ketones (excluding diaryl/α,β-unsaturated/α-hetero) is 1. The van der Waals surface area contributed by atoms with Gasteiger partial charge in [0.05, 0.1) is 24.3 Å². The Morgan fingerprint density at radius 3 is 2.36 bits per heavy atom. The number of aromatic nitrogens is 3. The SMILES string of the molecule is COc1ccc(-c2ccc(Cn3c(CC(C)(C)C(=O)O)c(SC(C)(C)C)c4cc(O[C@H](C(C)=O)C5Cc6ccccc6N5)ccc43)cc2)nn1. The van der Waals surface area contributed by atoms with E-state index in [9.17, 15) is 14.7 Å². The molecule has 1 aliphatic heterocycles. The number of benzene rings is 3. The van der Waals surface area contributed by atoms with Crippen LogP contribution in [0, 0.1) is 5.41 Å². The minimum atomic E-state index is -1.02.